The van der Waals surface area contributed by atoms with Crippen LogP contribution < -0.4 is 16.4 Å². The van der Waals surface area contributed by atoms with Gasteiger partial charge in [0.15, 0.2) is 0 Å². The fourth-order valence-electron chi connectivity index (χ4n) is 5.94. The Labute approximate surface area is 250 Å². The van der Waals surface area contributed by atoms with Crippen LogP contribution in [0.2, 0.25) is 0 Å². The zero-order valence-electron chi connectivity index (χ0n) is 24.9. The minimum Gasteiger partial charge on any atom is -0.385 e. The smallest absolute Gasteiger partial charge is 0.264 e. The topological polar surface area (TPSA) is 124 Å². The van der Waals surface area contributed by atoms with Gasteiger partial charge in [0.1, 0.15) is 5.84 Å². The summed E-state index contributed by atoms with van der Waals surface area (Å²) in [6.07, 6.45) is 2.70. The first-order chi connectivity index (χ1) is 20.7. The van der Waals surface area contributed by atoms with Crippen LogP contribution in [-0.4, -0.2) is 107 Å². The zero-order valence-corrected chi connectivity index (χ0v) is 24.9. The summed E-state index contributed by atoms with van der Waals surface area (Å²) < 4.78 is 29.7. The molecule has 0 atom stereocenters. The quantitative estimate of drug-likeness (QED) is 0.314. The van der Waals surface area contributed by atoms with E-state index in [1.54, 1.807) is 41.2 Å². The van der Waals surface area contributed by atoms with Crippen LogP contribution in [0, 0.1) is 0 Å². The molecule has 2 fully saturated rings. The molecule has 3 aliphatic heterocycles. The number of hydrogen-bond donors (Lipinski definition) is 3. The number of piperidine rings is 1. The Morgan fingerprint density at radius 1 is 1.14 bits per heavy atom. The highest BCUT2D eigenvalue weighted by atomic mass is 19.3. The van der Waals surface area contributed by atoms with Gasteiger partial charge in [-0.25, -0.2) is 13.8 Å². The first kappa shape index (κ1) is 30.6. The fraction of sp³-hybridized carbons (Fsp3) is 0.533. The van der Waals surface area contributed by atoms with Crippen molar-refractivity contribution in [3.8, 4) is 11.1 Å². The third-order valence-corrected chi connectivity index (χ3v) is 8.43. The number of aromatic nitrogens is 2. The first-order valence-electron chi connectivity index (χ1n) is 14.9. The highest BCUT2D eigenvalue weighted by Crippen LogP contribution is 2.34. The van der Waals surface area contributed by atoms with Gasteiger partial charge in [-0.3, -0.25) is 19.2 Å². The second-order valence-corrected chi connectivity index (χ2v) is 11.4. The van der Waals surface area contributed by atoms with Crippen LogP contribution in [0.1, 0.15) is 38.2 Å². The number of alkyl halides is 2. The summed E-state index contributed by atoms with van der Waals surface area (Å²) in [6.45, 7) is 7.75. The highest BCUT2D eigenvalue weighted by molar-refractivity contribution is 6.00. The molecule has 5 rings (SSSR count). The lowest BCUT2D eigenvalue weighted by Gasteiger charge is -2.37. The number of piperazine rings is 1. The molecule has 2 saturated heterocycles. The molecule has 2 amide bonds. The van der Waals surface area contributed by atoms with E-state index in [0.717, 1.165) is 44.7 Å². The van der Waals surface area contributed by atoms with Gasteiger partial charge in [0.05, 0.1) is 25.0 Å². The third kappa shape index (κ3) is 7.57. The van der Waals surface area contributed by atoms with Crippen LogP contribution in [0.15, 0.2) is 46.9 Å². The monoisotopic (exact) mass is 597 g/mol. The molecule has 1 aromatic carbocycles. The molecule has 0 saturated carbocycles. The van der Waals surface area contributed by atoms with E-state index < -0.39 is 6.43 Å². The molecule has 4 heterocycles. The Hall–Kier alpha value is -3.84. The molecule has 1 aromatic heterocycles. The summed E-state index contributed by atoms with van der Waals surface area (Å²) in [5.41, 5.74) is 9.26. The lowest BCUT2D eigenvalue weighted by atomic mass is 9.99. The number of nitrogens with one attached hydrogen (secondary N) is 2. The Kier molecular flexibility index (Phi) is 9.71. The van der Waals surface area contributed by atoms with E-state index in [2.05, 4.69) is 25.6 Å². The van der Waals surface area contributed by atoms with Crippen LogP contribution in [0.3, 0.4) is 0 Å². The molecule has 2 aromatic rings. The molecular formula is C30H41F2N9O2. The van der Waals surface area contributed by atoms with Gasteiger partial charge in [-0.2, -0.15) is 5.10 Å². The maximum Gasteiger partial charge on any atom is 0.264 e. The number of benzene rings is 1. The van der Waals surface area contributed by atoms with Gasteiger partial charge in [-0.05, 0) is 30.5 Å². The minimum absolute atomic E-state index is 0.0681. The second kappa shape index (κ2) is 13.6. The fourth-order valence-corrected chi connectivity index (χ4v) is 5.94. The van der Waals surface area contributed by atoms with Gasteiger partial charge in [-0.1, -0.05) is 6.07 Å². The molecule has 11 nitrogen and oxygen atoms in total. The van der Waals surface area contributed by atoms with Crippen molar-refractivity contribution < 1.29 is 18.4 Å². The number of nitrogens with two attached hydrogens (primary N) is 1. The molecule has 0 unspecified atom stereocenters. The van der Waals surface area contributed by atoms with E-state index in [9.17, 15) is 18.4 Å². The number of carbonyl (C=O) groups is 2. The number of halogens is 2. The van der Waals surface area contributed by atoms with E-state index in [1.165, 1.54) is 13.0 Å². The summed E-state index contributed by atoms with van der Waals surface area (Å²) in [6, 6.07) is 4.77. The van der Waals surface area contributed by atoms with Crippen LogP contribution in [-0.2, 0) is 16.6 Å². The molecular weight excluding hydrogens is 556 g/mol. The maximum absolute atomic E-state index is 14.0. The number of hydrogen-bond acceptors (Lipinski definition) is 7. The molecule has 43 heavy (non-hydrogen) atoms. The van der Waals surface area contributed by atoms with E-state index in [4.69, 9.17) is 5.73 Å². The minimum atomic E-state index is -2.71. The van der Waals surface area contributed by atoms with Crippen molar-refractivity contribution in [2.45, 2.75) is 38.7 Å². The van der Waals surface area contributed by atoms with Gasteiger partial charge in [0.25, 0.3) is 6.43 Å². The number of rotatable bonds is 8. The molecule has 3 aliphatic rings. The molecule has 232 valence electrons. The van der Waals surface area contributed by atoms with Crippen molar-refractivity contribution in [3.05, 3.63) is 47.4 Å². The normalized spacial score (nSPS) is 19.3. The van der Waals surface area contributed by atoms with Crippen LogP contribution in [0.5, 0.6) is 0 Å². The molecule has 0 spiro atoms. The number of aliphatic imine (C=N–C) groups is 1. The number of aryl methyl sites for hydroxylation is 1. The predicted octanol–water partition coefficient (Wildman–Crippen LogP) is 2.01. The van der Waals surface area contributed by atoms with Crippen molar-refractivity contribution in [1.82, 2.24) is 35.1 Å². The van der Waals surface area contributed by atoms with Crippen molar-refractivity contribution in [3.63, 3.8) is 0 Å². The summed E-state index contributed by atoms with van der Waals surface area (Å²) in [5, 5.41) is 11.0. The lowest BCUT2D eigenvalue weighted by molar-refractivity contribution is -0.133. The van der Waals surface area contributed by atoms with Gasteiger partial charge < -0.3 is 26.2 Å². The van der Waals surface area contributed by atoms with Gasteiger partial charge in [-0.15, -0.1) is 0 Å². The van der Waals surface area contributed by atoms with Crippen LogP contribution >= 0.6 is 0 Å². The van der Waals surface area contributed by atoms with Gasteiger partial charge in [0, 0.05) is 101 Å². The van der Waals surface area contributed by atoms with E-state index in [-0.39, 0.29) is 35.8 Å². The number of carbonyl (C=O) groups excluding carboxylic acids is 2. The first-order valence-corrected chi connectivity index (χ1v) is 14.9. The van der Waals surface area contributed by atoms with Gasteiger partial charge in [0.2, 0.25) is 11.8 Å². The van der Waals surface area contributed by atoms with Crippen molar-refractivity contribution in [2.75, 3.05) is 58.9 Å². The highest BCUT2D eigenvalue weighted by Gasteiger charge is 2.28. The third-order valence-electron chi connectivity index (χ3n) is 8.43. The number of nitrogens with zero attached hydrogens (tertiary/aromatic N) is 6. The van der Waals surface area contributed by atoms with E-state index >= 15 is 0 Å². The Morgan fingerprint density at radius 3 is 2.53 bits per heavy atom. The van der Waals surface area contributed by atoms with Crippen molar-refractivity contribution in [1.29, 1.82) is 0 Å². The molecule has 0 radical (unpaired) electrons. The zero-order chi connectivity index (χ0) is 30.5. The number of amides is 2. The van der Waals surface area contributed by atoms with E-state index in [1.807, 2.05) is 4.90 Å². The van der Waals surface area contributed by atoms with Crippen LogP contribution in [0.25, 0.3) is 11.1 Å². The predicted molar refractivity (Wildman–Crippen MR) is 161 cm³/mol. The summed E-state index contributed by atoms with van der Waals surface area (Å²) in [5.74, 6) is 0.289. The summed E-state index contributed by atoms with van der Waals surface area (Å²) in [4.78, 5) is 35.5. The van der Waals surface area contributed by atoms with Crippen LogP contribution in [0.4, 0.5) is 14.5 Å². The van der Waals surface area contributed by atoms with Crippen molar-refractivity contribution >= 4 is 23.3 Å². The summed E-state index contributed by atoms with van der Waals surface area (Å²) >= 11 is 0. The summed E-state index contributed by atoms with van der Waals surface area (Å²) in [7, 11) is 1.73. The molecule has 0 aliphatic carbocycles. The Balaban J connectivity index is 1.31. The standard InChI is InChI=1S/C30H41F2N9O2/c1-20(42)41-12-7-27(36-22-5-10-40(11-6-22)28(43)19-39-13-8-34-9-14-39)26(18-41)30(33)37-23-3-4-24(25(15-23)29(31)32)21-16-35-38(2)17-21/h3-4,15-17,22,29,34,36H,5-14,18-19H2,1-2H3,(H2,33,37). The van der Waals surface area contributed by atoms with Crippen molar-refractivity contribution in [2.24, 2.45) is 17.8 Å². The average Bonchev–Trinajstić information content (AvgIpc) is 3.44. The SMILES string of the molecule is CC(=O)N1CCC(NC2CCN(C(=O)CN3CCNCC3)CC2)=C(C(N)=Nc2ccc(-c3cnn(C)c3)c(C(F)F)c2)C1. The van der Waals surface area contributed by atoms with Gasteiger partial charge >= 0.3 is 0 Å². The lowest BCUT2D eigenvalue weighted by Crippen LogP contribution is -2.51. The molecule has 4 N–H and O–H groups in total. The number of amidine groups is 1. The Bertz CT molecular complexity index is 1380. The van der Waals surface area contributed by atoms with E-state index in [0.29, 0.717) is 55.0 Å². The number of likely N-dealkylation sites (tertiary alicyclic amines) is 1. The molecule has 0 bridgehead atoms. The molecule has 13 heteroatoms. The second-order valence-electron chi connectivity index (χ2n) is 11.4. The maximum atomic E-state index is 14.0. The Morgan fingerprint density at radius 2 is 1.88 bits per heavy atom. The largest absolute Gasteiger partial charge is 0.385 e. The average molecular weight is 598 g/mol.